The molecule has 2 rings (SSSR count). The van der Waals surface area contributed by atoms with Gasteiger partial charge >= 0.3 is 0 Å². The number of nitrogens with two attached hydrogens (primary N) is 1. The van der Waals surface area contributed by atoms with Crippen LogP contribution in [0.3, 0.4) is 0 Å². The number of aryl methyl sites for hydroxylation is 1. The van der Waals surface area contributed by atoms with Crippen molar-refractivity contribution in [1.82, 2.24) is 0 Å². The van der Waals surface area contributed by atoms with Crippen LogP contribution in [0.1, 0.15) is 42.0 Å². The summed E-state index contributed by atoms with van der Waals surface area (Å²) in [6, 6.07) is 2.05. The van der Waals surface area contributed by atoms with Crippen LogP contribution in [0.5, 0.6) is 0 Å². The minimum atomic E-state index is -0.410. The Morgan fingerprint density at radius 3 is 2.82 bits per heavy atom. The van der Waals surface area contributed by atoms with Gasteiger partial charge in [-0.15, -0.1) is 11.3 Å². The molecule has 3 atom stereocenters. The lowest BCUT2D eigenvalue weighted by atomic mass is 9.79. The van der Waals surface area contributed by atoms with E-state index in [1.807, 2.05) is 6.07 Å². The first-order valence-electron chi connectivity index (χ1n) is 6.12. The van der Waals surface area contributed by atoms with Crippen LogP contribution >= 0.6 is 27.3 Å². The number of hydrogen-bond acceptors (Lipinski definition) is 3. The molecule has 1 fully saturated rings. The Balaban J connectivity index is 2.26. The van der Waals surface area contributed by atoms with Gasteiger partial charge in [-0.05, 0) is 47.7 Å². The molecule has 0 radical (unpaired) electrons. The second-order valence-electron chi connectivity index (χ2n) is 5.37. The lowest BCUT2D eigenvalue weighted by Crippen LogP contribution is -2.34. The zero-order chi connectivity index (χ0) is 12.6. The number of aliphatic hydroxyl groups is 1. The molecule has 17 heavy (non-hydrogen) atoms. The Bertz CT molecular complexity index is 387. The van der Waals surface area contributed by atoms with E-state index in [2.05, 4.69) is 29.8 Å². The van der Waals surface area contributed by atoms with E-state index in [-0.39, 0.29) is 5.41 Å². The predicted molar refractivity (Wildman–Crippen MR) is 76.2 cm³/mol. The van der Waals surface area contributed by atoms with Crippen molar-refractivity contribution in [2.45, 2.75) is 39.2 Å². The SMILES string of the molecule is Cc1sc(C(O)C2(CN)CCC(C)C2)cc1Br. The molecule has 0 saturated heterocycles. The molecule has 4 heteroatoms. The highest BCUT2D eigenvalue weighted by atomic mass is 79.9. The average molecular weight is 318 g/mol. The van der Waals surface area contributed by atoms with Gasteiger partial charge in [-0.2, -0.15) is 0 Å². The zero-order valence-corrected chi connectivity index (χ0v) is 12.8. The molecule has 0 aliphatic heterocycles. The molecular weight excluding hydrogens is 298 g/mol. The maximum atomic E-state index is 10.6. The Labute approximate surface area is 115 Å². The third kappa shape index (κ3) is 2.46. The monoisotopic (exact) mass is 317 g/mol. The first kappa shape index (κ1) is 13.5. The molecule has 96 valence electrons. The highest BCUT2D eigenvalue weighted by molar-refractivity contribution is 9.10. The molecule has 3 unspecified atom stereocenters. The van der Waals surface area contributed by atoms with Crippen molar-refractivity contribution in [3.8, 4) is 0 Å². The highest BCUT2D eigenvalue weighted by Crippen LogP contribution is 2.50. The normalized spacial score (nSPS) is 30.8. The molecule has 0 aromatic carbocycles. The fraction of sp³-hybridized carbons (Fsp3) is 0.692. The Kier molecular flexibility index (Phi) is 3.98. The summed E-state index contributed by atoms with van der Waals surface area (Å²) in [5, 5.41) is 10.6. The van der Waals surface area contributed by atoms with E-state index in [4.69, 9.17) is 5.73 Å². The predicted octanol–water partition coefficient (Wildman–Crippen LogP) is 3.62. The third-order valence-corrected chi connectivity index (χ3v) is 6.21. The van der Waals surface area contributed by atoms with E-state index < -0.39 is 6.10 Å². The standard InChI is InChI=1S/C13H20BrNOS/c1-8-3-4-13(6-8,7-15)12(16)11-5-10(14)9(2)17-11/h5,8,12,16H,3-4,6-7,15H2,1-2H3. The third-order valence-electron chi connectivity index (χ3n) is 4.02. The molecule has 1 aromatic heterocycles. The minimum absolute atomic E-state index is 0.101. The van der Waals surface area contributed by atoms with Crippen LogP contribution < -0.4 is 5.73 Å². The van der Waals surface area contributed by atoms with E-state index in [1.54, 1.807) is 11.3 Å². The van der Waals surface area contributed by atoms with Crippen LogP contribution in [0.15, 0.2) is 10.5 Å². The van der Waals surface area contributed by atoms with E-state index in [1.165, 1.54) is 11.3 Å². The quantitative estimate of drug-likeness (QED) is 0.894. The number of rotatable bonds is 3. The molecule has 2 nitrogen and oxygen atoms in total. The summed E-state index contributed by atoms with van der Waals surface area (Å²) in [7, 11) is 0. The van der Waals surface area contributed by atoms with Crippen molar-refractivity contribution in [3.63, 3.8) is 0 Å². The van der Waals surface area contributed by atoms with Gasteiger partial charge in [0.05, 0.1) is 6.10 Å². The van der Waals surface area contributed by atoms with Crippen molar-refractivity contribution < 1.29 is 5.11 Å². The first-order valence-corrected chi connectivity index (χ1v) is 7.73. The molecule has 1 saturated carbocycles. The summed E-state index contributed by atoms with van der Waals surface area (Å²) >= 11 is 5.18. The second-order valence-corrected chi connectivity index (χ2v) is 7.51. The fourth-order valence-corrected chi connectivity index (χ4v) is 4.58. The van der Waals surface area contributed by atoms with Crippen LogP contribution in [0.2, 0.25) is 0 Å². The second kappa shape index (κ2) is 5.00. The van der Waals surface area contributed by atoms with Crippen LogP contribution in [-0.2, 0) is 0 Å². The van der Waals surface area contributed by atoms with Gasteiger partial charge in [0.25, 0.3) is 0 Å². The lowest BCUT2D eigenvalue weighted by Gasteiger charge is -2.32. The van der Waals surface area contributed by atoms with E-state index >= 15 is 0 Å². The van der Waals surface area contributed by atoms with Gasteiger partial charge in [-0.3, -0.25) is 0 Å². The smallest absolute Gasteiger partial charge is 0.0950 e. The van der Waals surface area contributed by atoms with E-state index in [0.29, 0.717) is 12.5 Å². The largest absolute Gasteiger partial charge is 0.387 e. The maximum absolute atomic E-state index is 10.6. The summed E-state index contributed by atoms with van der Waals surface area (Å²) in [5.74, 6) is 0.678. The molecule has 1 aromatic rings. The first-order chi connectivity index (χ1) is 7.98. The zero-order valence-electron chi connectivity index (χ0n) is 10.4. The number of halogens is 1. The molecule has 1 aliphatic carbocycles. The number of aliphatic hydroxyl groups excluding tert-OH is 1. The summed E-state index contributed by atoms with van der Waals surface area (Å²) < 4.78 is 1.09. The molecule has 0 amide bonds. The van der Waals surface area contributed by atoms with Gasteiger partial charge in [0, 0.05) is 26.2 Å². The van der Waals surface area contributed by atoms with Crippen LogP contribution in [0.25, 0.3) is 0 Å². The van der Waals surface area contributed by atoms with E-state index in [9.17, 15) is 5.11 Å². The topological polar surface area (TPSA) is 46.2 Å². The van der Waals surface area contributed by atoms with Crippen molar-refractivity contribution in [1.29, 1.82) is 0 Å². The molecular formula is C13H20BrNOS. The number of thiophene rings is 1. The number of hydrogen-bond donors (Lipinski definition) is 2. The van der Waals surface area contributed by atoms with Gasteiger partial charge in [0.1, 0.15) is 0 Å². The molecule has 3 N–H and O–H groups in total. The van der Waals surface area contributed by atoms with Crippen molar-refractivity contribution in [3.05, 3.63) is 20.3 Å². The molecule has 0 spiro atoms. The van der Waals surface area contributed by atoms with Crippen LogP contribution in [0, 0.1) is 18.3 Å². The summed E-state index contributed by atoms with van der Waals surface area (Å²) in [6.45, 7) is 4.89. The summed E-state index contributed by atoms with van der Waals surface area (Å²) in [6.07, 6.45) is 2.85. The minimum Gasteiger partial charge on any atom is -0.387 e. The van der Waals surface area contributed by atoms with Crippen molar-refractivity contribution in [2.75, 3.05) is 6.54 Å². The van der Waals surface area contributed by atoms with Crippen molar-refractivity contribution >= 4 is 27.3 Å². The average Bonchev–Trinajstić information content (AvgIpc) is 2.84. The van der Waals surface area contributed by atoms with Crippen molar-refractivity contribution in [2.24, 2.45) is 17.1 Å². The Hall–Kier alpha value is 0.100. The summed E-state index contributed by atoms with van der Waals surface area (Å²) in [5.41, 5.74) is 5.85. The van der Waals surface area contributed by atoms with Gasteiger partial charge in [-0.1, -0.05) is 13.3 Å². The van der Waals surface area contributed by atoms with Crippen LogP contribution in [0.4, 0.5) is 0 Å². The van der Waals surface area contributed by atoms with E-state index in [0.717, 1.165) is 22.2 Å². The van der Waals surface area contributed by atoms with Gasteiger partial charge in [0.15, 0.2) is 0 Å². The molecule has 1 aliphatic rings. The maximum Gasteiger partial charge on any atom is 0.0950 e. The van der Waals surface area contributed by atoms with Gasteiger partial charge in [0.2, 0.25) is 0 Å². The van der Waals surface area contributed by atoms with Crippen LogP contribution in [-0.4, -0.2) is 11.7 Å². The van der Waals surface area contributed by atoms with Gasteiger partial charge < -0.3 is 10.8 Å². The Morgan fingerprint density at radius 2 is 2.41 bits per heavy atom. The molecule has 1 heterocycles. The lowest BCUT2D eigenvalue weighted by molar-refractivity contribution is 0.0336. The highest BCUT2D eigenvalue weighted by Gasteiger charge is 2.43. The fourth-order valence-electron chi connectivity index (χ4n) is 2.90. The van der Waals surface area contributed by atoms with Gasteiger partial charge in [-0.25, -0.2) is 0 Å². The summed E-state index contributed by atoms with van der Waals surface area (Å²) in [4.78, 5) is 2.27. The molecule has 0 bridgehead atoms. The Morgan fingerprint density at radius 1 is 1.71 bits per heavy atom.